The Kier molecular flexibility index (Phi) is 3.42. The fraction of sp³-hybridized carbons (Fsp3) is 0.478. The van der Waals surface area contributed by atoms with E-state index in [1.807, 2.05) is 13.8 Å². The average molecular weight is 368 g/mol. The van der Waals surface area contributed by atoms with Gasteiger partial charge >= 0.3 is 0 Å². The van der Waals surface area contributed by atoms with Crippen LogP contribution in [0.25, 0.3) is 0 Å². The number of hydrogen-bond donors (Lipinski definition) is 2. The molecule has 27 heavy (non-hydrogen) atoms. The van der Waals surface area contributed by atoms with Crippen LogP contribution < -0.4 is 9.47 Å². The molecular weight excluding hydrogens is 340 g/mol. The Balaban J connectivity index is 1.97. The lowest BCUT2D eigenvalue weighted by molar-refractivity contribution is 0.435. The molecule has 144 valence electrons. The van der Waals surface area contributed by atoms with E-state index in [2.05, 4.69) is 41.5 Å². The monoisotopic (exact) mass is 368 g/mol. The Labute approximate surface area is 160 Å². The highest BCUT2D eigenvalue weighted by molar-refractivity contribution is 5.76. The summed E-state index contributed by atoms with van der Waals surface area (Å²) in [6.45, 7) is 16.7. The number of phenolic OH excluding ortho intramolecular Hbond substituents is 2. The second-order valence-corrected chi connectivity index (χ2v) is 9.85. The Morgan fingerprint density at radius 3 is 1.26 bits per heavy atom. The maximum Gasteiger partial charge on any atom is 0.212 e. The number of benzene rings is 2. The molecule has 0 bridgehead atoms. The second kappa shape index (κ2) is 5.12. The van der Waals surface area contributed by atoms with Crippen LogP contribution in [0.4, 0.5) is 0 Å². The molecule has 4 nitrogen and oxygen atoms in total. The van der Waals surface area contributed by atoms with Crippen molar-refractivity contribution >= 4 is 0 Å². The molecule has 0 fully saturated rings. The number of fused-ring (bicyclic) bond motifs is 2. The Morgan fingerprint density at radius 1 is 0.630 bits per heavy atom. The van der Waals surface area contributed by atoms with E-state index < -0.39 is 0 Å². The molecule has 2 aromatic rings. The zero-order valence-corrected chi connectivity index (χ0v) is 17.4. The molecule has 2 aliphatic rings. The molecule has 0 aromatic heterocycles. The summed E-state index contributed by atoms with van der Waals surface area (Å²) in [5, 5.41) is 21.6. The summed E-state index contributed by atoms with van der Waals surface area (Å²) in [6.07, 6.45) is 0.616. The average Bonchev–Trinajstić information content (AvgIpc) is 3.39. The molecule has 0 radical (unpaired) electrons. The van der Waals surface area contributed by atoms with E-state index in [0.717, 1.165) is 44.9 Å². The molecule has 0 saturated heterocycles. The van der Waals surface area contributed by atoms with Crippen molar-refractivity contribution in [3.63, 3.8) is 0 Å². The molecule has 0 saturated carbocycles. The number of aromatic hydroxyl groups is 2. The minimum absolute atomic E-state index is 0.234. The molecule has 4 heteroatoms. The van der Waals surface area contributed by atoms with Gasteiger partial charge < -0.3 is 19.7 Å². The molecule has 0 spiro atoms. The van der Waals surface area contributed by atoms with E-state index in [1.54, 1.807) is 0 Å². The van der Waals surface area contributed by atoms with Crippen LogP contribution in [0, 0.1) is 13.8 Å². The summed E-state index contributed by atoms with van der Waals surface area (Å²) in [6, 6.07) is 0. The molecule has 2 aromatic carbocycles. The van der Waals surface area contributed by atoms with Gasteiger partial charge in [-0.15, -0.1) is 0 Å². The first kappa shape index (κ1) is 18.0. The Hall–Kier alpha value is -2.36. The van der Waals surface area contributed by atoms with Crippen LogP contribution in [0.1, 0.15) is 74.9 Å². The van der Waals surface area contributed by atoms with Gasteiger partial charge in [-0.1, -0.05) is 41.5 Å². The maximum absolute atomic E-state index is 10.8. The quantitative estimate of drug-likeness (QED) is 0.419. The van der Waals surface area contributed by atoms with Crippen molar-refractivity contribution in [2.45, 2.75) is 72.6 Å². The minimum atomic E-state index is -0.234. The van der Waals surface area contributed by atoms with Crippen LogP contribution in [0.15, 0.2) is 0 Å². The van der Waals surface area contributed by atoms with Gasteiger partial charge in [0.2, 0.25) is 11.5 Å². The molecular formula is C23H28O4. The molecule has 0 amide bonds. The van der Waals surface area contributed by atoms with Crippen LogP contribution in [0.2, 0.25) is 0 Å². The Bertz CT molecular complexity index is 920. The first-order valence-corrected chi connectivity index (χ1v) is 9.47. The van der Waals surface area contributed by atoms with Gasteiger partial charge in [-0.2, -0.15) is 0 Å². The van der Waals surface area contributed by atoms with Gasteiger partial charge in [-0.05, 0) is 53.4 Å². The van der Waals surface area contributed by atoms with Gasteiger partial charge in [-0.25, -0.2) is 0 Å². The lowest BCUT2D eigenvalue weighted by Gasteiger charge is -2.27. The van der Waals surface area contributed by atoms with Crippen molar-refractivity contribution in [2.75, 3.05) is 0 Å². The van der Waals surface area contributed by atoms with Crippen LogP contribution in [0.5, 0.6) is 34.5 Å². The van der Waals surface area contributed by atoms with Crippen molar-refractivity contribution in [3.8, 4) is 34.5 Å². The highest BCUT2D eigenvalue weighted by atomic mass is 16.6. The minimum Gasteiger partial charge on any atom is -0.504 e. The second-order valence-electron chi connectivity index (χ2n) is 9.85. The van der Waals surface area contributed by atoms with E-state index in [4.69, 9.17) is 9.47 Å². The first-order valence-electron chi connectivity index (χ1n) is 9.47. The summed E-state index contributed by atoms with van der Waals surface area (Å²) in [7, 11) is 0. The van der Waals surface area contributed by atoms with Crippen molar-refractivity contribution in [1.29, 1.82) is 0 Å². The largest absolute Gasteiger partial charge is 0.504 e. The van der Waals surface area contributed by atoms with Gasteiger partial charge in [0, 0.05) is 11.1 Å². The molecule has 4 rings (SSSR count). The van der Waals surface area contributed by atoms with Gasteiger partial charge in [0.05, 0.1) is 0 Å². The standard InChI is InChI=1S/C23H28O4/c1-10-12(14(22(3,4)5)16(24)20-18(10)26-20)9-13-11(2)19-21(27-19)17(25)15(13)23(6,7)8/h24-25H,9H2,1-8H3. The van der Waals surface area contributed by atoms with Crippen molar-refractivity contribution in [3.05, 3.63) is 33.4 Å². The van der Waals surface area contributed by atoms with Crippen LogP contribution in [-0.4, -0.2) is 10.2 Å². The van der Waals surface area contributed by atoms with Crippen LogP contribution in [-0.2, 0) is 17.3 Å². The summed E-state index contributed by atoms with van der Waals surface area (Å²) in [4.78, 5) is 0. The fourth-order valence-corrected chi connectivity index (χ4v) is 4.35. The topological polar surface area (TPSA) is 65.5 Å². The smallest absolute Gasteiger partial charge is 0.212 e. The van der Waals surface area contributed by atoms with Gasteiger partial charge in [0.15, 0.2) is 23.0 Å². The summed E-state index contributed by atoms with van der Waals surface area (Å²) >= 11 is 0. The fourth-order valence-electron chi connectivity index (χ4n) is 4.35. The van der Waals surface area contributed by atoms with E-state index in [0.29, 0.717) is 17.9 Å². The maximum atomic E-state index is 10.8. The highest BCUT2D eigenvalue weighted by Crippen LogP contribution is 2.62. The molecule has 2 N–H and O–H groups in total. The lowest BCUT2D eigenvalue weighted by Crippen LogP contribution is -2.18. The predicted molar refractivity (Wildman–Crippen MR) is 106 cm³/mol. The molecule has 0 aliphatic carbocycles. The van der Waals surface area contributed by atoms with Crippen LogP contribution >= 0.6 is 0 Å². The number of ether oxygens (including phenoxy) is 2. The third kappa shape index (κ3) is 2.57. The predicted octanol–water partition coefficient (Wildman–Crippen LogP) is 6.11. The lowest BCUT2D eigenvalue weighted by atomic mass is 9.76. The molecule has 0 atom stereocenters. The van der Waals surface area contributed by atoms with Crippen LogP contribution in [0.3, 0.4) is 0 Å². The Morgan fingerprint density at radius 2 is 0.963 bits per heavy atom. The third-order valence-electron chi connectivity index (χ3n) is 5.68. The normalized spacial score (nSPS) is 14.2. The first-order chi connectivity index (χ1) is 12.3. The van der Waals surface area contributed by atoms with E-state index in [-0.39, 0.29) is 22.3 Å². The van der Waals surface area contributed by atoms with E-state index >= 15 is 0 Å². The van der Waals surface area contributed by atoms with Gasteiger partial charge in [-0.3, -0.25) is 0 Å². The third-order valence-corrected chi connectivity index (χ3v) is 5.68. The zero-order valence-electron chi connectivity index (χ0n) is 17.4. The molecule has 2 heterocycles. The van der Waals surface area contributed by atoms with Crippen molar-refractivity contribution in [1.82, 2.24) is 0 Å². The zero-order chi connectivity index (χ0) is 20.0. The van der Waals surface area contributed by atoms with E-state index in [9.17, 15) is 10.2 Å². The van der Waals surface area contributed by atoms with Gasteiger partial charge in [0.1, 0.15) is 0 Å². The van der Waals surface area contributed by atoms with Crippen molar-refractivity contribution < 1.29 is 19.7 Å². The number of hydrogen-bond acceptors (Lipinski definition) is 4. The summed E-state index contributed by atoms with van der Waals surface area (Å²) in [5.74, 6) is 3.30. The number of phenols is 2. The summed E-state index contributed by atoms with van der Waals surface area (Å²) < 4.78 is 11.1. The molecule has 0 unspecified atom stereocenters. The van der Waals surface area contributed by atoms with Crippen molar-refractivity contribution in [2.24, 2.45) is 0 Å². The SMILES string of the molecule is Cc1c(Cc2c(C)c3c(c(O)c2C(C)(C)C)O3)c(C(C)(C)C)c(O)c2c1O2. The highest BCUT2D eigenvalue weighted by Gasteiger charge is 2.40. The number of rotatable bonds is 2. The van der Waals surface area contributed by atoms with E-state index in [1.165, 1.54) is 0 Å². The van der Waals surface area contributed by atoms with Gasteiger partial charge in [0.25, 0.3) is 0 Å². The summed E-state index contributed by atoms with van der Waals surface area (Å²) in [5.41, 5.74) is 5.65. The molecule has 2 aliphatic heterocycles.